The van der Waals surface area contributed by atoms with Crippen LogP contribution in [0.3, 0.4) is 0 Å². The van der Waals surface area contributed by atoms with E-state index in [0.717, 1.165) is 5.56 Å². The summed E-state index contributed by atoms with van der Waals surface area (Å²) in [7, 11) is 0. The predicted octanol–water partition coefficient (Wildman–Crippen LogP) is 5.64. The number of aryl methyl sites for hydroxylation is 1. The summed E-state index contributed by atoms with van der Waals surface area (Å²) in [6, 6.07) is 21.1. The molecular weight excluding hydrogens is 402 g/mol. The summed E-state index contributed by atoms with van der Waals surface area (Å²) in [5.74, 6) is -0.0897. The number of para-hydroxylation sites is 1. The number of nitrogens with one attached hydrogen (secondary N) is 1. The van der Waals surface area contributed by atoms with Gasteiger partial charge in [-0.15, -0.1) is 0 Å². The van der Waals surface area contributed by atoms with Crippen LogP contribution < -0.4 is 10.1 Å². The Balaban J connectivity index is 1.60. The minimum Gasteiger partial charge on any atom is -0.484 e. The summed E-state index contributed by atoms with van der Waals surface area (Å²) in [5, 5.41) is 3.94. The average Bonchev–Trinajstić information content (AvgIpc) is 3.11. The van der Waals surface area contributed by atoms with E-state index < -0.39 is 5.91 Å². The first-order valence-corrected chi connectivity index (χ1v) is 9.70. The third kappa shape index (κ3) is 4.21. The number of anilines is 1. The van der Waals surface area contributed by atoms with Crippen molar-refractivity contribution in [2.75, 3.05) is 11.9 Å². The third-order valence-corrected chi connectivity index (χ3v) is 4.78. The van der Waals surface area contributed by atoms with Crippen molar-refractivity contribution in [1.82, 2.24) is 0 Å². The molecule has 0 aliphatic heterocycles. The summed E-state index contributed by atoms with van der Waals surface area (Å²) in [4.78, 5) is 25.6. The number of ether oxygens (including phenoxy) is 1. The Labute approximate surface area is 178 Å². The molecular formula is C24H18ClNO4. The zero-order valence-corrected chi connectivity index (χ0v) is 16.9. The Morgan fingerprint density at radius 3 is 2.53 bits per heavy atom. The second kappa shape index (κ2) is 8.43. The van der Waals surface area contributed by atoms with E-state index in [1.165, 1.54) is 0 Å². The normalized spacial score (nSPS) is 10.7. The molecule has 1 amide bonds. The number of carbonyl (C=O) groups excluding carboxylic acids is 2. The molecule has 0 spiro atoms. The zero-order valence-electron chi connectivity index (χ0n) is 16.1. The fourth-order valence-electron chi connectivity index (χ4n) is 3.09. The van der Waals surface area contributed by atoms with Gasteiger partial charge in [0.25, 0.3) is 5.91 Å². The van der Waals surface area contributed by atoms with Crippen LogP contribution in [-0.2, 0) is 4.79 Å². The summed E-state index contributed by atoms with van der Waals surface area (Å²) < 4.78 is 11.4. The Morgan fingerprint density at radius 2 is 1.77 bits per heavy atom. The van der Waals surface area contributed by atoms with Crippen molar-refractivity contribution in [1.29, 1.82) is 0 Å². The van der Waals surface area contributed by atoms with Gasteiger partial charge in [-0.1, -0.05) is 35.9 Å². The highest BCUT2D eigenvalue weighted by Gasteiger charge is 2.23. The highest BCUT2D eigenvalue weighted by Crippen LogP contribution is 2.32. The van der Waals surface area contributed by atoms with Gasteiger partial charge in [-0.25, -0.2) is 0 Å². The van der Waals surface area contributed by atoms with Crippen LogP contribution in [0.2, 0.25) is 5.02 Å². The molecule has 0 saturated heterocycles. The van der Waals surface area contributed by atoms with Gasteiger partial charge >= 0.3 is 0 Å². The number of fused-ring (bicyclic) bond motifs is 1. The van der Waals surface area contributed by atoms with E-state index in [0.29, 0.717) is 33.0 Å². The third-order valence-electron chi connectivity index (χ3n) is 4.53. The van der Waals surface area contributed by atoms with Gasteiger partial charge in [-0.05, 0) is 61.0 Å². The minimum absolute atomic E-state index is 0.0578. The van der Waals surface area contributed by atoms with Crippen molar-refractivity contribution in [2.24, 2.45) is 0 Å². The van der Waals surface area contributed by atoms with Crippen molar-refractivity contribution in [3.8, 4) is 5.75 Å². The standard InChI is InChI=1S/C24H18ClNO4/c1-15-5-4-6-18(13-15)29-14-21(27)26-22-19-7-2-3-8-20(19)30-24(22)23(28)16-9-11-17(25)12-10-16/h2-13H,14H2,1H3,(H,26,27). The number of ketones is 1. The number of hydrogen-bond donors (Lipinski definition) is 1. The van der Waals surface area contributed by atoms with Crippen LogP contribution >= 0.6 is 11.6 Å². The lowest BCUT2D eigenvalue weighted by atomic mass is 10.1. The molecule has 1 heterocycles. The highest BCUT2D eigenvalue weighted by atomic mass is 35.5. The highest BCUT2D eigenvalue weighted by molar-refractivity contribution is 6.30. The van der Waals surface area contributed by atoms with E-state index in [4.69, 9.17) is 20.8 Å². The molecule has 30 heavy (non-hydrogen) atoms. The van der Waals surface area contributed by atoms with E-state index in [1.54, 1.807) is 48.5 Å². The second-order valence-corrected chi connectivity index (χ2v) is 7.23. The summed E-state index contributed by atoms with van der Waals surface area (Å²) in [6.45, 7) is 1.75. The van der Waals surface area contributed by atoms with Gasteiger partial charge in [0.1, 0.15) is 11.3 Å². The number of hydrogen-bond acceptors (Lipinski definition) is 4. The molecule has 5 nitrogen and oxygen atoms in total. The molecule has 3 aromatic carbocycles. The lowest BCUT2D eigenvalue weighted by Gasteiger charge is -2.08. The number of carbonyl (C=O) groups is 2. The van der Waals surface area contributed by atoms with Crippen LogP contribution in [-0.4, -0.2) is 18.3 Å². The first kappa shape index (κ1) is 19.7. The summed E-state index contributed by atoms with van der Waals surface area (Å²) in [5.41, 5.74) is 2.27. The number of benzene rings is 3. The molecule has 0 aliphatic carbocycles. The fraction of sp³-hybridized carbons (Fsp3) is 0.0833. The first-order valence-electron chi connectivity index (χ1n) is 9.32. The summed E-state index contributed by atoms with van der Waals surface area (Å²) in [6.07, 6.45) is 0. The Kier molecular flexibility index (Phi) is 5.55. The maximum Gasteiger partial charge on any atom is 0.262 e. The molecule has 0 saturated carbocycles. The number of furan rings is 1. The SMILES string of the molecule is Cc1cccc(OCC(=O)Nc2c(C(=O)c3ccc(Cl)cc3)oc3ccccc23)c1. The van der Waals surface area contributed by atoms with E-state index in [-0.39, 0.29) is 18.2 Å². The van der Waals surface area contributed by atoms with Crippen molar-refractivity contribution in [3.63, 3.8) is 0 Å². The molecule has 4 rings (SSSR count). The zero-order chi connectivity index (χ0) is 21.1. The van der Waals surface area contributed by atoms with Crippen molar-refractivity contribution >= 4 is 39.9 Å². The van der Waals surface area contributed by atoms with Crippen molar-refractivity contribution in [2.45, 2.75) is 6.92 Å². The van der Waals surface area contributed by atoms with Crippen molar-refractivity contribution in [3.05, 3.63) is 94.7 Å². The van der Waals surface area contributed by atoms with Gasteiger partial charge < -0.3 is 14.5 Å². The van der Waals surface area contributed by atoms with E-state index in [1.807, 2.05) is 31.2 Å². The smallest absolute Gasteiger partial charge is 0.262 e. The molecule has 4 aromatic rings. The second-order valence-electron chi connectivity index (χ2n) is 6.79. The van der Waals surface area contributed by atoms with Crippen molar-refractivity contribution < 1.29 is 18.7 Å². The molecule has 0 fully saturated rings. The predicted molar refractivity (Wildman–Crippen MR) is 116 cm³/mol. The molecule has 0 unspecified atom stereocenters. The molecule has 0 aliphatic rings. The van der Waals surface area contributed by atoms with Crippen LogP contribution in [0.15, 0.2) is 77.2 Å². The van der Waals surface area contributed by atoms with Gasteiger partial charge in [0.05, 0.1) is 5.69 Å². The monoisotopic (exact) mass is 419 g/mol. The maximum atomic E-state index is 13.0. The number of amides is 1. The molecule has 150 valence electrons. The van der Waals surface area contributed by atoms with Gasteiger partial charge in [0.2, 0.25) is 5.78 Å². The maximum absolute atomic E-state index is 13.0. The van der Waals surface area contributed by atoms with Crippen LogP contribution in [0, 0.1) is 6.92 Å². The molecule has 1 N–H and O–H groups in total. The van der Waals surface area contributed by atoms with Crippen LogP contribution in [0.5, 0.6) is 5.75 Å². The van der Waals surface area contributed by atoms with Gasteiger partial charge in [-0.2, -0.15) is 0 Å². The Morgan fingerprint density at radius 1 is 1.00 bits per heavy atom. The molecule has 1 aromatic heterocycles. The lowest BCUT2D eigenvalue weighted by molar-refractivity contribution is -0.118. The van der Waals surface area contributed by atoms with Gasteiger partial charge in [0, 0.05) is 16.0 Å². The van der Waals surface area contributed by atoms with Crippen LogP contribution in [0.25, 0.3) is 11.0 Å². The van der Waals surface area contributed by atoms with E-state index in [9.17, 15) is 9.59 Å². The lowest BCUT2D eigenvalue weighted by Crippen LogP contribution is -2.21. The van der Waals surface area contributed by atoms with Crippen LogP contribution in [0.1, 0.15) is 21.7 Å². The minimum atomic E-state index is -0.395. The largest absolute Gasteiger partial charge is 0.484 e. The molecule has 6 heteroatoms. The fourth-order valence-corrected chi connectivity index (χ4v) is 3.22. The molecule has 0 radical (unpaired) electrons. The summed E-state index contributed by atoms with van der Waals surface area (Å²) >= 11 is 5.92. The quantitative estimate of drug-likeness (QED) is 0.410. The Bertz CT molecular complexity index is 1230. The number of rotatable bonds is 6. The van der Waals surface area contributed by atoms with Crippen LogP contribution in [0.4, 0.5) is 5.69 Å². The van der Waals surface area contributed by atoms with E-state index in [2.05, 4.69) is 5.32 Å². The Hall–Kier alpha value is -3.57. The first-order chi connectivity index (χ1) is 14.5. The number of halogens is 1. The van der Waals surface area contributed by atoms with Gasteiger partial charge in [-0.3, -0.25) is 9.59 Å². The van der Waals surface area contributed by atoms with Gasteiger partial charge in [0.15, 0.2) is 12.4 Å². The molecule has 0 bridgehead atoms. The topological polar surface area (TPSA) is 68.5 Å². The average molecular weight is 420 g/mol. The molecule has 0 atom stereocenters. The van der Waals surface area contributed by atoms with E-state index >= 15 is 0 Å².